The molecule has 0 bridgehead atoms. The summed E-state index contributed by atoms with van der Waals surface area (Å²) in [4.78, 5) is 12.3. The van der Waals surface area contributed by atoms with Gasteiger partial charge in [0.05, 0.1) is 5.60 Å². The molecule has 1 aromatic rings. The molecule has 0 aliphatic carbocycles. The smallest absolute Gasteiger partial charge is 0.225 e. The van der Waals surface area contributed by atoms with E-state index in [2.05, 4.69) is 30.5 Å². The van der Waals surface area contributed by atoms with Crippen molar-refractivity contribution in [2.75, 3.05) is 23.4 Å². The van der Waals surface area contributed by atoms with E-state index in [-0.39, 0.29) is 11.9 Å². The van der Waals surface area contributed by atoms with E-state index >= 15 is 0 Å². The fourth-order valence-corrected chi connectivity index (χ4v) is 4.06. The zero-order valence-corrected chi connectivity index (χ0v) is 15.1. The van der Waals surface area contributed by atoms with Crippen LogP contribution in [0.25, 0.3) is 0 Å². The molecule has 4 nitrogen and oxygen atoms in total. The van der Waals surface area contributed by atoms with Crippen molar-refractivity contribution in [3.63, 3.8) is 0 Å². The van der Waals surface area contributed by atoms with Crippen molar-refractivity contribution >= 4 is 23.4 Å². The molecule has 0 spiro atoms. The lowest BCUT2D eigenvalue weighted by Gasteiger charge is -2.24. The molecular formula is C18H28N2O2S. The molecule has 2 atom stereocenters. The first-order valence-corrected chi connectivity index (χ1v) is 9.47. The normalized spacial score (nSPS) is 22.3. The zero-order valence-electron chi connectivity index (χ0n) is 14.3. The van der Waals surface area contributed by atoms with Gasteiger partial charge in [0.15, 0.2) is 0 Å². The van der Waals surface area contributed by atoms with Crippen LogP contribution in [0.5, 0.6) is 0 Å². The molecule has 0 saturated carbocycles. The number of hydrogen-bond acceptors (Lipinski definition) is 4. The van der Waals surface area contributed by atoms with Crippen molar-refractivity contribution in [2.45, 2.75) is 51.2 Å². The lowest BCUT2D eigenvalue weighted by molar-refractivity contribution is -0.116. The third-order valence-corrected chi connectivity index (χ3v) is 5.44. The zero-order chi connectivity index (χ0) is 16.9. The van der Waals surface area contributed by atoms with Gasteiger partial charge in [0.25, 0.3) is 0 Å². The predicted octanol–water partition coefficient (Wildman–Crippen LogP) is 2.98. The van der Waals surface area contributed by atoms with E-state index in [1.807, 2.05) is 25.1 Å². The number of para-hydroxylation sites is 1. The standard InChI is InChI=1S/C18H28N2O2S/c1-13(2)15-6-4-5-7-16(15)20-17(21)10-14(3)19-11-18(22)8-9-23-12-18/h4-7,13-14,19,22H,8-12H2,1-3H3,(H,20,21)/t14-,18-/m1/s1. The molecule has 5 heteroatoms. The minimum atomic E-state index is -0.611. The van der Waals surface area contributed by atoms with Gasteiger partial charge in [-0.3, -0.25) is 4.79 Å². The largest absolute Gasteiger partial charge is 0.388 e. The van der Waals surface area contributed by atoms with Gasteiger partial charge in [0, 0.05) is 30.4 Å². The molecule has 0 radical (unpaired) electrons. The number of amides is 1. The first kappa shape index (κ1) is 18.3. The SMILES string of the molecule is CC(C)c1ccccc1NC(=O)C[C@@H](C)NC[C@]1(O)CCSC1. The maximum Gasteiger partial charge on any atom is 0.225 e. The Morgan fingerprint density at radius 1 is 1.35 bits per heavy atom. The Morgan fingerprint density at radius 2 is 2.09 bits per heavy atom. The molecule has 23 heavy (non-hydrogen) atoms. The van der Waals surface area contributed by atoms with Crippen molar-refractivity contribution in [1.82, 2.24) is 5.32 Å². The maximum atomic E-state index is 12.3. The highest BCUT2D eigenvalue weighted by Crippen LogP contribution is 2.27. The maximum absolute atomic E-state index is 12.3. The summed E-state index contributed by atoms with van der Waals surface area (Å²) in [6, 6.07) is 7.97. The van der Waals surface area contributed by atoms with E-state index < -0.39 is 5.60 Å². The Bertz CT molecular complexity index is 528. The fraction of sp³-hybridized carbons (Fsp3) is 0.611. The molecule has 3 N–H and O–H groups in total. The first-order chi connectivity index (χ1) is 10.9. The Morgan fingerprint density at radius 3 is 2.74 bits per heavy atom. The first-order valence-electron chi connectivity index (χ1n) is 8.32. The third kappa shape index (κ3) is 5.52. The highest BCUT2D eigenvalue weighted by atomic mass is 32.2. The van der Waals surface area contributed by atoms with Crippen molar-refractivity contribution in [3.8, 4) is 0 Å². The number of anilines is 1. The van der Waals surface area contributed by atoms with Crippen LogP contribution in [-0.2, 0) is 4.79 Å². The summed E-state index contributed by atoms with van der Waals surface area (Å²) in [6.45, 7) is 6.78. The molecule has 0 unspecified atom stereocenters. The monoisotopic (exact) mass is 336 g/mol. The highest BCUT2D eigenvalue weighted by Gasteiger charge is 2.31. The lowest BCUT2D eigenvalue weighted by Crippen LogP contribution is -2.44. The van der Waals surface area contributed by atoms with Gasteiger partial charge in [-0.05, 0) is 36.6 Å². The van der Waals surface area contributed by atoms with Crippen LogP contribution in [0, 0.1) is 0 Å². The third-order valence-electron chi connectivity index (χ3n) is 4.21. The minimum Gasteiger partial charge on any atom is -0.388 e. The van der Waals surface area contributed by atoms with E-state index in [9.17, 15) is 9.90 Å². The van der Waals surface area contributed by atoms with Crippen molar-refractivity contribution < 1.29 is 9.90 Å². The molecule has 128 valence electrons. The van der Waals surface area contributed by atoms with Crippen LogP contribution in [0.2, 0.25) is 0 Å². The van der Waals surface area contributed by atoms with Gasteiger partial charge in [0.1, 0.15) is 0 Å². The molecule has 1 aromatic carbocycles. The second-order valence-electron chi connectivity index (χ2n) is 6.80. The minimum absolute atomic E-state index is 0.00545. The van der Waals surface area contributed by atoms with Crippen LogP contribution >= 0.6 is 11.8 Å². The van der Waals surface area contributed by atoms with E-state index in [1.54, 1.807) is 11.8 Å². The number of carbonyl (C=O) groups is 1. The van der Waals surface area contributed by atoms with Gasteiger partial charge in [-0.15, -0.1) is 0 Å². The van der Waals surface area contributed by atoms with Crippen molar-refractivity contribution in [1.29, 1.82) is 0 Å². The molecule has 1 amide bonds. The topological polar surface area (TPSA) is 61.4 Å². The van der Waals surface area contributed by atoms with Gasteiger partial charge >= 0.3 is 0 Å². The average Bonchev–Trinajstić information content (AvgIpc) is 2.93. The van der Waals surface area contributed by atoms with Gasteiger partial charge in [-0.2, -0.15) is 11.8 Å². The molecule has 1 fully saturated rings. The van der Waals surface area contributed by atoms with Crippen LogP contribution in [-0.4, -0.2) is 40.7 Å². The van der Waals surface area contributed by atoms with E-state index in [0.29, 0.717) is 18.9 Å². The number of carbonyl (C=O) groups excluding carboxylic acids is 1. The number of benzene rings is 1. The summed E-state index contributed by atoms with van der Waals surface area (Å²) in [5.41, 5.74) is 1.43. The number of aliphatic hydroxyl groups is 1. The predicted molar refractivity (Wildman–Crippen MR) is 98.1 cm³/mol. The van der Waals surface area contributed by atoms with Crippen LogP contribution < -0.4 is 10.6 Å². The summed E-state index contributed by atoms with van der Waals surface area (Å²) in [5.74, 6) is 2.17. The molecule has 1 saturated heterocycles. The summed E-state index contributed by atoms with van der Waals surface area (Å²) in [5, 5.41) is 16.6. The molecule has 1 aliphatic heterocycles. The lowest BCUT2D eigenvalue weighted by atomic mass is 10.0. The summed E-state index contributed by atoms with van der Waals surface area (Å²) in [7, 11) is 0. The summed E-state index contributed by atoms with van der Waals surface area (Å²) >= 11 is 1.78. The Labute approximate surface area is 143 Å². The highest BCUT2D eigenvalue weighted by molar-refractivity contribution is 7.99. The number of rotatable bonds is 7. The van der Waals surface area contributed by atoms with Crippen LogP contribution in [0.1, 0.15) is 45.1 Å². The number of thioether (sulfide) groups is 1. The molecule has 1 aliphatic rings. The van der Waals surface area contributed by atoms with Gasteiger partial charge < -0.3 is 15.7 Å². The molecular weight excluding hydrogens is 308 g/mol. The fourth-order valence-electron chi connectivity index (χ4n) is 2.77. The van der Waals surface area contributed by atoms with Crippen molar-refractivity contribution in [2.24, 2.45) is 0 Å². The van der Waals surface area contributed by atoms with Gasteiger partial charge in [-0.1, -0.05) is 32.0 Å². The number of nitrogens with one attached hydrogen (secondary N) is 2. The Hall–Kier alpha value is -1.04. The van der Waals surface area contributed by atoms with Gasteiger partial charge in [0.2, 0.25) is 5.91 Å². The summed E-state index contributed by atoms with van der Waals surface area (Å²) < 4.78 is 0. The van der Waals surface area contributed by atoms with Crippen LogP contribution in [0.15, 0.2) is 24.3 Å². The Balaban J connectivity index is 1.82. The average molecular weight is 337 g/mol. The second-order valence-corrected chi connectivity index (χ2v) is 7.91. The van der Waals surface area contributed by atoms with E-state index in [1.165, 1.54) is 0 Å². The summed E-state index contributed by atoms with van der Waals surface area (Å²) in [6.07, 6.45) is 1.22. The Kier molecular flexibility index (Phi) is 6.50. The van der Waals surface area contributed by atoms with Gasteiger partial charge in [-0.25, -0.2) is 0 Å². The molecule has 2 rings (SSSR count). The van der Waals surface area contributed by atoms with E-state index in [4.69, 9.17) is 0 Å². The van der Waals surface area contributed by atoms with Crippen LogP contribution in [0.3, 0.4) is 0 Å². The molecule has 1 heterocycles. The number of hydrogen-bond donors (Lipinski definition) is 3. The van der Waals surface area contributed by atoms with Crippen molar-refractivity contribution in [3.05, 3.63) is 29.8 Å². The molecule has 0 aromatic heterocycles. The van der Waals surface area contributed by atoms with Crippen LogP contribution in [0.4, 0.5) is 5.69 Å². The van der Waals surface area contributed by atoms with E-state index in [0.717, 1.165) is 29.2 Å². The quantitative estimate of drug-likeness (QED) is 0.716. The second kappa shape index (κ2) is 8.18.